The summed E-state index contributed by atoms with van der Waals surface area (Å²) in [4.78, 5) is 16.5. The number of pyridine rings is 1. The molecule has 5 heteroatoms. The third-order valence-electron chi connectivity index (χ3n) is 2.92. The van der Waals surface area contributed by atoms with Crippen molar-refractivity contribution in [2.45, 2.75) is 13.8 Å². The number of aromatic nitrogens is 1. The van der Waals surface area contributed by atoms with Crippen molar-refractivity contribution in [2.24, 2.45) is 0 Å². The summed E-state index contributed by atoms with van der Waals surface area (Å²) in [5.74, 6) is -0.183. The van der Waals surface area contributed by atoms with Crippen LogP contribution in [0, 0.1) is 13.8 Å². The zero-order valence-corrected chi connectivity index (χ0v) is 12.3. The second-order valence-electron chi connectivity index (χ2n) is 4.24. The Labute approximate surface area is 120 Å². The van der Waals surface area contributed by atoms with Crippen molar-refractivity contribution in [1.29, 1.82) is 0 Å². The van der Waals surface area contributed by atoms with Gasteiger partial charge in [-0.25, -0.2) is 4.98 Å². The van der Waals surface area contributed by atoms with E-state index >= 15 is 0 Å². The smallest absolute Gasteiger partial charge is 0.256 e. The van der Waals surface area contributed by atoms with Gasteiger partial charge in [-0.2, -0.15) is 0 Å². The van der Waals surface area contributed by atoms with Crippen molar-refractivity contribution >= 4 is 33.2 Å². The zero-order chi connectivity index (χ0) is 14.0. The van der Waals surface area contributed by atoms with E-state index < -0.39 is 0 Å². The van der Waals surface area contributed by atoms with Gasteiger partial charge < -0.3 is 11.1 Å². The maximum atomic E-state index is 12.2. The molecule has 0 aliphatic carbocycles. The predicted molar refractivity (Wildman–Crippen MR) is 80.2 cm³/mol. The Bertz CT molecular complexity index is 641. The van der Waals surface area contributed by atoms with Crippen molar-refractivity contribution < 1.29 is 4.79 Å². The molecule has 3 N–H and O–H groups in total. The van der Waals surface area contributed by atoms with Gasteiger partial charge in [0.05, 0.1) is 11.4 Å². The van der Waals surface area contributed by atoms with Crippen LogP contribution in [0.1, 0.15) is 21.6 Å². The Kier molecular flexibility index (Phi) is 3.85. The van der Waals surface area contributed by atoms with Crippen molar-refractivity contribution in [3.63, 3.8) is 0 Å². The lowest BCUT2D eigenvalue weighted by molar-refractivity contribution is 0.102. The summed E-state index contributed by atoms with van der Waals surface area (Å²) >= 11 is 3.29. The van der Waals surface area contributed by atoms with Gasteiger partial charge in [0, 0.05) is 11.3 Å². The molecule has 98 valence electrons. The number of aryl methyl sites for hydroxylation is 1. The number of nitrogens with zero attached hydrogens (tertiary/aromatic N) is 1. The second kappa shape index (κ2) is 5.40. The minimum Gasteiger partial charge on any atom is -0.398 e. The van der Waals surface area contributed by atoms with Gasteiger partial charge >= 0.3 is 0 Å². The Hall–Kier alpha value is -1.88. The third-order valence-corrected chi connectivity index (χ3v) is 3.36. The molecule has 0 saturated heterocycles. The molecule has 19 heavy (non-hydrogen) atoms. The SMILES string of the molecule is Cc1nc(Br)ccc1NC(=O)c1cccc(N)c1C. The van der Waals surface area contributed by atoms with Crippen LogP contribution in [0.5, 0.6) is 0 Å². The summed E-state index contributed by atoms with van der Waals surface area (Å²) in [5, 5.41) is 2.84. The van der Waals surface area contributed by atoms with Gasteiger partial charge in [-0.05, 0) is 59.6 Å². The number of rotatable bonds is 2. The number of benzene rings is 1. The normalized spacial score (nSPS) is 10.3. The standard InChI is InChI=1S/C14H14BrN3O/c1-8-10(4-3-5-11(8)16)14(19)18-12-6-7-13(15)17-9(12)2/h3-7H,16H2,1-2H3,(H,18,19). The van der Waals surface area contributed by atoms with E-state index in [1.54, 1.807) is 24.3 Å². The van der Waals surface area contributed by atoms with E-state index in [1.807, 2.05) is 19.9 Å². The fourth-order valence-electron chi connectivity index (χ4n) is 1.75. The quantitative estimate of drug-likeness (QED) is 0.659. The molecular formula is C14H14BrN3O. The first-order valence-electron chi connectivity index (χ1n) is 5.78. The summed E-state index contributed by atoms with van der Waals surface area (Å²) in [6, 6.07) is 8.89. The van der Waals surface area contributed by atoms with Crippen LogP contribution in [0.2, 0.25) is 0 Å². The van der Waals surface area contributed by atoms with E-state index in [9.17, 15) is 4.79 Å². The van der Waals surface area contributed by atoms with Gasteiger partial charge in [0.15, 0.2) is 0 Å². The predicted octanol–water partition coefficient (Wildman–Crippen LogP) is 3.30. The van der Waals surface area contributed by atoms with Crippen molar-refractivity contribution in [3.05, 3.63) is 51.8 Å². The lowest BCUT2D eigenvalue weighted by Gasteiger charge is -2.10. The van der Waals surface area contributed by atoms with E-state index in [4.69, 9.17) is 5.73 Å². The second-order valence-corrected chi connectivity index (χ2v) is 5.05. The van der Waals surface area contributed by atoms with Crippen LogP contribution in [-0.2, 0) is 0 Å². The van der Waals surface area contributed by atoms with Crippen LogP contribution in [0.3, 0.4) is 0 Å². The van der Waals surface area contributed by atoms with Gasteiger partial charge in [-0.1, -0.05) is 6.07 Å². The lowest BCUT2D eigenvalue weighted by atomic mass is 10.1. The van der Waals surface area contributed by atoms with E-state index in [0.29, 0.717) is 16.9 Å². The Morgan fingerprint density at radius 1 is 1.26 bits per heavy atom. The van der Waals surface area contributed by atoms with Crippen LogP contribution in [0.4, 0.5) is 11.4 Å². The largest absolute Gasteiger partial charge is 0.398 e. The molecule has 0 unspecified atom stereocenters. The Morgan fingerprint density at radius 2 is 2.00 bits per heavy atom. The first-order chi connectivity index (χ1) is 8.99. The minimum absolute atomic E-state index is 0.183. The Morgan fingerprint density at radius 3 is 2.68 bits per heavy atom. The summed E-state index contributed by atoms with van der Waals surface area (Å²) in [7, 11) is 0. The number of halogens is 1. The molecule has 4 nitrogen and oxygen atoms in total. The number of hydrogen-bond donors (Lipinski definition) is 2. The van der Waals surface area contributed by atoms with Gasteiger partial charge in [0.25, 0.3) is 5.91 Å². The van der Waals surface area contributed by atoms with E-state index in [1.165, 1.54) is 0 Å². The molecule has 0 radical (unpaired) electrons. The average Bonchev–Trinajstić information content (AvgIpc) is 2.36. The van der Waals surface area contributed by atoms with Crippen LogP contribution < -0.4 is 11.1 Å². The summed E-state index contributed by atoms with van der Waals surface area (Å²) in [6.07, 6.45) is 0. The number of carbonyl (C=O) groups is 1. The minimum atomic E-state index is -0.183. The highest BCUT2D eigenvalue weighted by Crippen LogP contribution is 2.20. The first kappa shape index (κ1) is 13.5. The molecule has 0 fully saturated rings. The molecule has 2 aromatic rings. The van der Waals surface area contributed by atoms with Gasteiger partial charge in [0.2, 0.25) is 0 Å². The fraction of sp³-hybridized carbons (Fsp3) is 0.143. The molecule has 0 atom stereocenters. The summed E-state index contributed by atoms with van der Waals surface area (Å²) in [6.45, 7) is 3.67. The fourth-order valence-corrected chi connectivity index (χ4v) is 2.15. The van der Waals surface area contributed by atoms with Gasteiger partial charge in [-0.15, -0.1) is 0 Å². The van der Waals surface area contributed by atoms with Crippen LogP contribution in [-0.4, -0.2) is 10.9 Å². The van der Waals surface area contributed by atoms with Gasteiger partial charge in [0.1, 0.15) is 4.60 Å². The third kappa shape index (κ3) is 2.93. The molecule has 1 heterocycles. The van der Waals surface area contributed by atoms with E-state index in [-0.39, 0.29) is 5.91 Å². The average molecular weight is 320 g/mol. The van der Waals surface area contributed by atoms with Crippen LogP contribution in [0.25, 0.3) is 0 Å². The number of nitrogens with two attached hydrogens (primary N) is 1. The van der Waals surface area contributed by atoms with E-state index in [2.05, 4.69) is 26.2 Å². The highest BCUT2D eigenvalue weighted by Gasteiger charge is 2.12. The molecule has 1 amide bonds. The number of nitrogens with one attached hydrogen (secondary N) is 1. The topological polar surface area (TPSA) is 68.0 Å². The molecule has 1 aromatic heterocycles. The van der Waals surface area contributed by atoms with Gasteiger partial charge in [-0.3, -0.25) is 4.79 Å². The first-order valence-corrected chi connectivity index (χ1v) is 6.58. The van der Waals surface area contributed by atoms with E-state index in [0.717, 1.165) is 15.9 Å². The molecule has 0 aliphatic heterocycles. The van der Waals surface area contributed by atoms with Crippen LogP contribution in [0.15, 0.2) is 34.9 Å². The number of nitrogen functional groups attached to an aromatic ring is 1. The number of anilines is 2. The highest BCUT2D eigenvalue weighted by atomic mass is 79.9. The maximum Gasteiger partial charge on any atom is 0.256 e. The molecule has 2 rings (SSSR count). The molecule has 0 saturated carbocycles. The molecule has 1 aromatic carbocycles. The molecular weight excluding hydrogens is 306 g/mol. The lowest BCUT2D eigenvalue weighted by Crippen LogP contribution is -2.15. The molecule has 0 aliphatic rings. The maximum absolute atomic E-state index is 12.2. The summed E-state index contributed by atoms with van der Waals surface area (Å²) in [5.41, 5.74) is 9.21. The molecule has 0 spiro atoms. The molecule has 0 bridgehead atoms. The van der Waals surface area contributed by atoms with Crippen molar-refractivity contribution in [1.82, 2.24) is 4.98 Å². The Balaban J connectivity index is 2.28. The number of carbonyl (C=O) groups excluding carboxylic acids is 1. The monoisotopic (exact) mass is 319 g/mol. The summed E-state index contributed by atoms with van der Waals surface area (Å²) < 4.78 is 0.739. The zero-order valence-electron chi connectivity index (χ0n) is 10.7. The highest BCUT2D eigenvalue weighted by molar-refractivity contribution is 9.10. The van der Waals surface area contributed by atoms with Crippen molar-refractivity contribution in [3.8, 4) is 0 Å². The number of hydrogen-bond acceptors (Lipinski definition) is 3. The van der Waals surface area contributed by atoms with Crippen molar-refractivity contribution in [2.75, 3.05) is 11.1 Å². The number of amides is 1. The van der Waals surface area contributed by atoms with Crippen LogP contribution >= 0.6 is 15.9 Å².